The topological polar surface area (TPSA) is 55.1 Å². The van der Waals surface area contributed by atoms with Gasteiger partial charge in [-0.05, 0) is 80.8 Å². The molecule has 1 N–H and O–H groups in total. The van der Waals surface area contributed by atoms with Crippen LogP contribution in [0.1, 0.15) is 54.8 Å². The summed E-state index contributed by atoms with van der Waals surface area (Å²) in [4.78, 5) is 17.2. The molecule has 4 aliphatic carbocycles. The Balaban J connectivity index is 1.30. The molecule has 1 aromatic heterocycles. The van der Waals surface area contributed by atoms with E-state index in [1.165, 1.54) is 38.5 Å². The second-order valence-corrected chi connectivity index (χ2v) is 8.89. The van der Waals surface area contributed by atoms with Gasteiger partial charge in [0.05, 0.1) is 0 Å². The normalized spacial score (nSPS) is 32.0. The number of hydrogen-bond acceptors (Lipinski definition) is 3. The number of hydrogen-bond donors (Lipinski definition) is 1. The average Bonchev–Trinajstić information content (AvgIpc) is 3.01. The van der Waals surface area contributed by atoms with Crippen molar-refractivity contribution >= 4 is 5.91 Å². The molecule has 1 heterocycles. The van der Waals surface area contributed by atoms with Crippen LogP contribution in [0.2, 0.25) is 0 Å². The van der Waals surface area contributed by atoms with Crippen LogP contribution in [0.15, 0.2) is 34.7 Å². The summed E-state index contributed by atoms with van der Waals surface area (Å²) < 4.78 is 5.75. The van der Waals surface area contributed by atoms with Gasteiger partial charge in [0.15, 0.2) is 5.69 Å². The highest BCUT2D eigenvalue weighted by Gasteiger charge is 2.50. The smallest absolute Gasteiger partial charge is 0.273 e. The van der Waals surface area contributed by atoms with Crippen LogP contribution in [0.4, 0.5) is 0 Å². The van der Waals surface area contributed by atoms with Crippen LogP contribution in [0.25, 0.3) is 11.5 Å². The summed E-state index contributed by atoms with van der Waals surface area (Å²) in [6.07, 6.45) is 8.17. The molecule has 0 aliphatic heterocycles. The molecule has 1 amide bonds. The summed E-state index contributed by atoms with van der Waals surface area (Å²) in [7, 11) is 0. The number of benzene rings is 1. The maximum Gasteiger partial charge on any atom is 0.273 e. The monoisotopic (exact) mass is 350 g/mol. The van der Waals surface area contributed by atoms with E-state index in [9.17, 15) is 4.79 Å². The first-order valence-electron chi connectivity index (χ1n) is 9.91. The second kappa shape index (κ2) is 5.97. The predicted octanol–water partition coefficient (Wildman–Crippen LogP) is 4.60. The molecule has 4 heteroatoms. The van der Waals surface area contributed by atoms with Crippen molar-refractivity contribution in [2.24, 2.45) is 23.2 Å². The number of nitrogens with one attached hydrogen (secondary N) is 1. The third-order valence-electron chi connectivity index (χ3n) is 6.82. The molecular weight excluding hydrogens is 324 g/mol. The fourth-order valence-electron chi connectivity index (χ4n) is 6.17. The predicted molar refractivity (Wildman–Crippen MR) is 99.6 cm³/mol. The summed E-state index contributed by atoms with van der Waals surface area (Å²) in [5.74, 6) is 3.71. The minimum Gasteiger partial charge on any atom is -0.441 e. The maximum absolute atomic E-state index is 12.8. The number of carbonyl (C=O) groups excluding carboxylic acids is 1. The molecule has 0 radical (unpaired) electrons. The van der Waals surface area contributed by atoms with Gasteiger partial charge in [-0.15, -0.1) is 0 Å². The Morgan fingerprint density at radius 3 is 2.35 bits per heavy atom. The highest BCUT2D eigenvalue weighted by Crippen LogP contribution is 2.59. The Morgan fingerprint density at radius 2 is 1.73 bits per heavy atom. The lowest BCUT2D eigenvalue weighted by Gasteiger charge is -2.56. The van der Waals surface area contributed by atoms with Gasteiger partial charge < -0.3 is 9.73 Å². The van der Waals surface area contributed by atoms with Gasteiger partial charge in [-0.3, -0.25) is 4.79 Å². The van der Waals surface area contributed by atoms with E-state index in [0.29, 0.717) is 22.8 Å². The first kappa shape index (κ1) is 16.1. The molecule has 26 heavy (non-hydrogen) atoms. The molecular formula is C22H26N2O2. The molecule has 4 aliphatic rings. The van der Waals surface area contributed by atoms with Crippen molar-refractivity contribution in [1.82, 2.24) is 10.3 Å². The van der Waals surface area contributed by atoms with Crippen LogP contribution in [-0.2, 0) is 0 Å². The quantitative estimate of drug-likeness (QED) is 0.877. The maximum atomic E-state index is 12.8. The zero-order valence-corrected chi connectivity index (χ0v) is 15.3. The zero-order valence-electron chi connectivity index (χ0n) is 15.3. The molecule has 4 bridgehead atoms. The first-order valence-corrected chi connectivity index (χ1v) is 9.91. The highest BCUT2D eigenvalue weighted by atomic mass is 16.4. The number of amides is 1. The molecule has 0 spiro atoms. The Labute approximate surface area is 154 Å². The molecule has 0 atom stereocenters. The van der Waals surface area contributed by atoms with Gasteiger partial charge in [-0.25, -0.2) is 4.98 Å². The lowest BCUT2D eigenvalue weighted by molar-refractivity contribution is -0.0503. The number of carbonyl (C=O) groups is 1. The van der Waals surface area contributed by atoms with Crippen LogP contribution >= 0.6 is 0 Å². The largest absolute Gasteiger partial charge is 0.441 e. The van der Waals surface area contributed by atoms with Crippen LogP contribution in [0.3, 0.4) is 0 Å². The van der Waals surface area contributed by atoms with E-state index in [1.54, 1.807) is 0 Å². The molecule has 4 fully saturated rings. The summed E-state index contributed by atoms with van der Waals surface area (Å²) in [5.41, 5.74) is 1.66. The fraction of sp³-hybridized carbons (Fsp3) is 0.545. The molecule has 136 valence electrons. The number of rotatable bonds is 4. The van der Waals surface area contributed by atoms with E-state index < -0.39 is 0 Å². The van der Waals surface area contributed by atoms with Crippen LogP contribution in [-0.4, -0.2) is 17.4 Å². The first-order chi connectivity index (χ1) is 12.6. The third kappa shape index (κ3) is 2.76. The van der Waals surface area contributed by atoms with Gasteiger partial charge in [0.2, 0.25) is 5.89 Å². The van der Waals surface area contributed by atoms with E-state index in [4.69, 9.17) is 4.42 Å². The third-order valence-corrected chi connectivity index (χ3v) is 6.82. The van der Waals surface area contributed by atoms with Gasteiger partial charge in [0, 0.05) is 12.1 Å². The molecule has 0 saturated heterocycles. The average molecular weight is 350 g/mol. The number of nitrogens with zero attached hydrogens (tertiary/aromatic N) is 1. The van der Waals surface area contributed by atoms with Gasteiger partial charge in [0.1, 0.15) is 5.76 Å². The second-order valence-electron chi connectivity index (χ2n) is 8.89. The van der Waals surface area contributed by atoms with Gasteiger partial charge >= 0.3 is 0 Å². The van der Waals surface area contributed by atoms with Crippen molar-refractivity contribution in [1.29, 1.82) is 0 Å². The van der Waals surface area contributed by atoms with Crippen molar-refractivity contribution in [3.63, 3.8) is 0 Å². The van der Waals surface area contributed by atoms with Crippen LogP contribution < -0.4 is 5.32 Å². The minimum absolute atomic E-state index is 0.0934. The van der Waals surface area contributed by atoms with Crippen LogP contribution in [0.5, 0.6) is 0 Å². The fourth-order valence-corrected chi connectivity index (χ4v) is 6.17. The van der Waals surface area contributed by atoms with E-state index in [1.807, 2.05) is 37.3 Å². The van der Waals surface area contributed by atoms with E-state index in [-0.39, 0.29) is 5.91 Å². The summed E-state index contributed by atoms with van der Waals surface area (Å²) >= 11 is 0. The molecule has 4 saturated carbocycles. The SMILES string of the molecule is Cc1oc(-c2ccccc2)nc1C(=O)NCC12CC3CC(CC(C3)C1)C2. The molecule has 0 unspecified atom stereocenters. The van der Waals surface area contributed by atoms with Crippen LogP contribution in [0, 0.1) is 30.1 Å². The zero-order chi connectivity index (χ0) is 17.7. The Hall–Kier alpha value is -2.10. The number of oxazole rings is 1. The van der Waals surface area contributed by atoms with E-state index >= 15 is 0 Å². The molecule has 1 aromatic carbocycles. The van der Waals surface area contributed by atoms with Crippen molar-refractivity contribution in [3.8, 4) is 11.5 Å². The van der Waals surface area contributed by atoms with Gasteiger partial charge in [-0.2, -0.15) is 0 Å². The van der Waals surface area contributed by atoms with Gasteiger partial charge in [-0.1, -0.05) is 18.2 Å². The summed E-state index contributed by atoms with van der Waals surface area (Å²) in [5, 5.41) is 3.20. The minimum atomic E-state index is -0.0934. The van der Waals surface area contributed by atoms with Crippen molar-refractivity contribution in [2.45, 2.75) is 45.4 Å². The highest BCUT2D eigenvalue weighted by molar-refractivity contribution is 5.93. The van der Waals surface area contributed by atoms with Crippen molar-refractivity contribution in [3.05, 3.63) is 41.8 Å². The summed E-state index contributed by atoms with van der Waals surface area (Å²) in [6, 6.07) is 9.74. The Morgan fingerprint density at radius 1 is 1.12 bits per heavy atom. The molecule has 6 rings (SSSR count). The number of aryl methyl sites for hydroxylation is 1. The number of aromatic nitrogens is 1. The van der Waals surface area contributed by atoms with Gasteiger partial charge in [0.25, 0.3) is 5.91 Å². The molecule has 4 nitrogen and oxygen atoms in total. The lowest BCUT2D eigenvalue weighted by atomic mass is 9.49. The van der Waals surface area contributed by atoms with Crippen molar-refractivity contribution < 1.29 is 9.21 Å². The lowest BCUT2D eigenvalue weighted by Crippen LogP contribution is -2.51. The summed E-state index contributed by atoms with van der Waals surface area (Å²) in [6.45, 7) is 2.61. The Kier molecular flexibility index (Phi) is 3.70. The van der Waals surface area contributed by atoms with E-state index in [2.05, 4.69) is 10.3 Å². The van der Waals surface area contributed by atoms with Crippen molar-refractivity contribution in [2.75, 3.05) is 6.54 Å². The Bertz CT molecular complexity index is 789. The standard InChI is InChI=1S/C22H26N2O2/c1-14-19(24-21(26-14)18-5-3-2-4-6-18)20(25)23-13-22-10-15-7-16(11-22)9-17(8-15)12-22/h2-6,15-17H,7-13H2,1H3,(H,23,25). The van der Waals surface area contributed by atoms with E-state index in [0.717, 1.165) is 29.9 Å². The molecule has 2 aromatic rings.